The molecule has 1 saturated carbocycles. The SMILES string of the molecule is CC(C)(C)OC(=O)N1CC2CCCC2C1C(=O)CBr. The van der Waals surface area contributed by atoms with Gasteiger partial charge in [-0.25, -0.2) is 4.79 Å². The smallest absolute Gasteiger partial charge is 0.410 e. The standard InChI is InChI=1S/C14H22BrNO3/c1-14(2,3)19-13(18)16-8-9-5-4-6-10(9)12(16)11(17)7-15/h9-10,12H,4-8H2,1-3H3. The number of ether oxygens (including phenoxy) is 1. The van der Waals surface area contributed by atoms with Crippen molar-refractivity contribution in [2.75, 3.05) is 11.9 Å². The molecule has 0 aromatic rings. The first-order chi connectivity index (χ1) is 8.83. The first-order valence-corrected chi connectivity index (χ1v) is 8.04. The van der Waals surface area contributed by atoms with E-state index in [-0.39, 0.29) is 17.9 Å². The number of halogens is 1. The van der Waals surface area contributed by atoms with Gasteiger partial charge in [-0.05, 0) is 45.4 Å². The van der Waals surface area contributed by atoms with Gasteiger partial charge in [0.25, 0.3) is 0 Å². The largest absolute Gasteiger partial charge is 0.444 e. The maximum atomic E-state index is 12.3. The van der Waals surface area contributed by atoms with Gasteiger partial charge in [-0.2, -0.15) is 0 Å². The van der Waals surface area contributed by atoms with Crippen LogP contribution < -0.4 is 0 Å². The van der Waals surface area contributed by atoms with E-state index in [4.69, 9.17) is 4.74 Å². The number of hydrogen-bond acceptors (Lipinski definition) is 3. The van der Waals surface area contributed by atoms with Gasteiger partial charge in [-0.3, -0.25) is 9.69 Å². The molecule has 0 bridgehead atoms. The predicted molar refractivity (Wildman–Crippen MR) is 76.4 cm³/mol. The van der Waals surface area contributed by atoms with Gasteiger partial charge in [-0.15, -0.1) is 0 Å². The average molecular weight is 332 g/mol. The minimum absolute atomic E-state index is 0.0975. The Kier molecular flexibility index (Phi) is 4.23. The van der Waals surface area contributed by atoms with E-state index in [1.54, 1.807) is 4.90 Å². The van der Waals surface area contributed by atoms with Crippen molar-refractivity contribution < 1.29 is 14.3 Å². The lowest BCUT2D eigenvalue weighted by Crippen LogP contribution is -2.46. The Morgan fingerprint density at radius 3 is 2.58 bits per heavy atom. The lowest BCUT2D eigenvalue weighted by Gasteiger charge is -2.29. The average Bonchev–Trinajstić information content (AvgIpc) is 2.84. The molecule has 3 atom stereocenters. The number of rotatable bonds is 2. The van der Waals surface area contributed by atoms with Crippen LogP contribution in [0.2, 0.25) is 0 Å². The fraction of sp³-hybridized carbons (Fsp3) is 0.857. The van der Waals surface area contributed by atoms with E-state index >= 15 is 0 Å². The lowest BCUT2D eigenvalue weighted by atomic mass is 9.92. The van der Waals surface area contributed by atoms with E-state index < -0.39 is 5.60 Å². The molecule has 19 heavy (non-hydrogen) atoms. The third-order valence-corrected chi connectivity index (χ3v) is 4.53. The molecule has 1 saturated heterocycles. The number of likely N-dealkylation sites (tertiary alicyclic amines) is 1. The third kappa shape index (κ3) is 3.12. The van der Waals surface area contributed by atoms with Crippen molar-refractivity contribution in [3.05, 3.63) is 0 Å². The molecule has 1 aliphatic carbocycles. The van der Waals surface area contributed by atoms with Crippen LogP contribution in [0.15, 0.2) is 0 Å². The molecule has 5 heteroatoms. The molecular weight excluding hydrogens is 310 g/mol. The van der Waals surface area contributed by atoms with Crippen LogP contribution in [0.1, 0.15) is 40.0 Å². The summed E-state index contributed by atoms with van der Waals surface area (Å²) >= 11 is 3.23. The fourth-order valence-corrected chi connectivity index (χ4v) is 3.64. The zero-order valence-electron chi connectivity index (χ0n) is 11.8. The number of nitrogens with zero attached hydrogens (tertiary/aromatic N) is 1. The topological polar surface area (TPSA) is 46.6 Å². The highest BCUT2D eigenvalue weighted by molar-refractivity contribution is 9.09. The van der Waals surface area contributed by atoms with E-state index in [1.165, 1.54) is 6.42 Å². The Morgan fingerprint density at radius 1 is 1.32 bits per heavy atom. The number of carbonyl (C=O) groups excluding carboxylic acids is 2. The third-order valence-electron chi connectivity index (χ3n) is 3.98. The molecule has 2 fully saturated rings. The molecule has 0 radical (unpaired) electrons. The van der Waals surface area contributed by atoms with E-state index in [0.717, 1.165) is 12.8 Å². The normalized spacial score (nSPS) is 30.3. The Balaban J connectivity index is 2.14. The summed E-state index contributed by atoms with van der Waals surface area (Å²) in [4.78, 5) is 26.1. The minimum atomic E-state index is -0.517. The fourth-order valence-electron chi connectivity index (χ4n) is 3.31. The molecule has 0 N–H and O–H groups in total. The molecule has 4 nitrogen and oxygen atoms in total. The highest BCUT2D eigenvalue weighted by Gasteiger charge is 2.49. The number of hydrogen-bond donors (Lipinski definition) is 0. The van der Waals surface area contributed by atoms with Crippen molar-refractivity contribution in [2.45, 2.75) is 51.7 Å². The summed E-state index contributed by atoms with van der Waals surface area (Å²) in [7, 11) is 0. The summed E-state index contributed by atoms with van der Waals surface area (Å²) in [5, 5.41) is 0.306. The van der Waals surface area contributed by atoms with Crippen molar-refractivity contribution >= 4 is 27.8 Å². The van der Waals surface area contributed by atoms with Crippen molar-refractivity contribution in [1.82, 2.24) is 4.90 Å². The Hall–Kier alpha value is -0.580. The van der Waals surface area contributed by atoms with Gasteiger partial charge in [-0.1, -0.05) is 22.4 Å². The van der Waals surface area contributed by atoms with Crippen molar-refractivity contribution in [3.63, 3.8) is 0 Å². The Bertz CT molecular complexity index is 377. The van der Waals surface area contributed by atoms with Gasteiger partial charge >= 0.3 is 6.09 Å². The van der Waals surface area contributed by atoms with Gasteiger partial charge in [0.15, 0.2) is 5.78 Å². The monoisotopic (exact) mass is 331 g/mol. The second kappa shape index (κ2) is 5.43. The van der Waals surface area contributed by atoms with Crippen molar-refractivity contribution in [1.29, 1.82) is 0 Å². The highest BCUT2D eigenvalue weighted by atomic mass is 79.9. The second-order valence-electron chi connectivity index (χ2n) is 6.53. The van der Waals surface area contributed by atoms with Crippen LogP contribution in [0.5, 0.6) is 0 Å². The molecule has 2 rings (SSSR count). The first-order valence-electron chi connectivity index (χ1n) is 6.92. The van der Waals surface area contributed by atoms with E-state index in [2.05, 4.69) is 15.9 Å². The number of fused-ring (bicyclic) bond motifs is 1. The van der Waals surface area contributed by atoms with Gasteiger partial charge < -0.3 is 4.74 Å². The van der Waals surface area contributed by atoms with E-state index in [9.17, 15) is 9.59 Å². The van der Waals surface area contributed by atoms with Crippen LogP contribution in [0.3, 0.4) is 0 Å². The maximum Gasteiger partial charge on any atom is 0.410 e. The molecule has 0 aromatic carbocycles. The maximum absolute atomic E-state index is 12.3. The molecule has 3 unspecified atom stereocenters. The van der Waals surface area contributed by atoms with Crippen molar-refractivity contribution in [3.8, 4) is 0 Å². The van der Waals surface area contributed by atoms with Crippen LogP contribution >= 0.6 is 15.9 Å². The number of alkyl halides is 1. The number of carbonyl (C=O) groups is 2. The minimum Gasteiger partial charge on any atom is -0.444 e. The molecule has 1 amide bonds. The molecule has 1 heterocycles. The lowest BCUT2D eigenvalue weighted by molar-refractivity contribution is -0.121. The van der Waals surface area contributed by atoms with E-state index in [0.29, 0.717) is 23.7 Å². The van der Waals surface area contributed by atoms with Crippen LogP contribution in [0.4, 0.5) is 4.79 Å². The molecule has 0 aromatic heterocycles. The van der Waals surface area contributed by atoms with Crippen molar-refractivity contribution in [2.24, 2.45) is 11.8 Å². The summed E-state index contributed by atoms with van der Waals surface area (Å²) in [6, 6.07) is -0.290. The van der Waals surface area contributed by atoms with Crippen LogP contribution in [-0.4, -0.2) is 40.3 Å². The summed E-state index contributed by atoms with van der Waals surface area (Å²) in [5.41, 5.74) is -0.517. The summed E-state index contributed by atoms with van der Waals surface area (Å²) in [5.74, 6) is 0.901. The predicted octanol–water partition coefficient (Wildman–Crippen LogP) is 2.99. The van der Waals surface area contributed by atoms with E-state index in [1.807, 2.05) is 20.8 Å². The summed E-state index contributed by atoms with van der Waals surface area (Å²) < 4.78 is 5.43. The summed E-state index contributed by atoms with van der Waals surface area (Å²) in [6.45, 7) is 6.22. The zero-order chi connectivity index (χ0) is 14.2. The van der Waals surface area contributed by atoms with Gasteiger partial charge in [0, 0.05) is 6.54 Å². The van der Waals surface area contributed by atoms with Crippen LogP contribution in [0.25, 0.3) is 0 Å². The molecule has 1 aliphatic heterocycles. The Labute approximate surface area is 123 Å². The molecule has 108 valence electrons. The molecule has 2 aliphatic rings. The quantitative estimate of drug-likeness (QED) is 0.731. The van der Waals surface area contributed by atoms with Crippen LogP contribution in [0, 0.1) is 11.8 Å². The number of Topliss-reactive ketones (excluding diaryl/α,β-unsaturated/α-hetero) is 1. The number of ketones is 1. The zero-order valence-corrected chi connectivity index (χ0v) is 13.4. The van der Waals surface area contributed by atoms with Crippen LogP contribution in [-0.2, 0) is 9.53 Å². The highest BCUT2D eigenvalue weighted by Crippen LogP contribution is 2.43. The van der Waals surface area contributed by atoms with Gasteiger partial charge in [0.05, 0.1) is 11.4 Å². The molecular formula is C14H22BrNO3. The first kappa shape index (κ1) is 14.8. The number of amides is 1. The second-order valence-corrected chi connectivity index (χ2v) is 7.09. The summed E-state index contributed by atoms with van der Waals surface area (Å²) in [6.07, 6.45) is 2.99. The van der Waals surface area contributed by atoms with Gasteiger partial charge in [0.2, 0.25) is 0 Å². The molecule has 0 spiro atoms. The Morgan fingerprint density at radius 2 is 2.00 bits per heavy atom. The van der Waals surface area contributed by atoms with Gasteiger partial charge in [0.1, 0.15) is 5.60 Å².